The molecule has 0 aromatic carbocycles. The van der Waals surface area contributed by atoms with Crippen LogP contribution in [0.3, 0.4) is 0 Å². The van der Waals surface area contributed by atoms with Gasteiger partial charge in [0.1, 0.15) is 6.61 Å². The number of unbranched alkanes of at least 4 members (excludes halogenated alkanes) is 27. The number of esters is 2. The van der Waals surface area contributed by atoms with E-state index in [-0.39, 0.29) is 19.4 Å². The molecule has 56 heavy (non-hydrogen) atoms. The summed E-state index contributed by atoms with van der Waals surface area (Å²) >= 11 is 0. The van der Waals surface area contributed by atoms with E-state index < -0.39 is 32.5 Å². The molecule has 0 radical (unpaired) electrons. The zero-order valence-electron chi connectivity index (χ0n) is 36.3. The lowest BCUT2D eigenvalue weighted by molar-refractivity contribution is -0.161. The van der Waals surface area contributed by atoms with Crippen LogP contribution in [0, 0.1) is 0 Å². The Bertz CT molecular complexity index is 1000. The second kappa shape index (κ2) is 42.9. The van der Waals surface area contributed by atoms with Gasteiger partial charge in [-0.15, -0.1) is 0 Å². The van der Waals surface area contributed by atoms with E-state index >= 15 is 0 Å². The molecule has 0 aliphatic carbocycles. The number of rotatable bonds is 43. The number of ether oxygens (including phenoxy) is 2. The second-order valence-electron chi connectivity index (χ2n) is 15.7. The molecule has 0 amide bonds. The molecule has 9 heteroatoms. The SMILES string of the molecule is CCCCC/C=C\C/C=C\C/C=C\CCCCCCC(=O)OC[C@H](COP(=O)(O)O)OC(=O)CCCCCCCCCCCCCCCCCCCCCCC. The standard InChI is InChI=1S/C47H87O8P/c1-3-5-7-9-11-13-15-17-19-21-22-23-24-26-28-30-32-34-36-38-40-42-47(49)55-45(44-54-56(50,51)52)43-53-46(48)41-39-37-35-33-31-29-27-25-20-18-16-14-12-10-8-6-4-2/h12,14,18,20,27,29,45H,3-11,13,15-17,19,21-26,28,30-44H2,1-2H3,(H2,50,51,52)/b14-12-,20-18-,29-27-/t45-/m1/s1. The maximum absolute atomic E-state index is 12.4. The summed E-state index contributed by atoms with van der Waals surface area (Å²) in [6.45, 7) is 3.67. The van der Waals surface area contributed by atoms with Crippen molar-refractivity contribution < 1.29 is 37.9 Å². The van der Waals surface area contributed by atoms with Gasteiger partial charge in [0, 0.05) is 12.8 Å². The summed E-state index contributed by atoms with van der Waals surface area (Å²) in [4.78, 5) is 43.0. The zero-order chi connectivity index (χ0) is 41.1. The number of carbonyl (C=O) groups is 2. The minimum atomic E-state index is -4.76. The Hall–Kier alpha value is -1.73. The van der Waals surface area contributed by atoms with E-state index in [9.17, 15) is 14.2 Å². The van der Waals surface area contributed by atoms with Crippen molar-refractivity contribution in [2.45, 2.75) is 238 Å². The van der Waals surface area contributed by atoms with Crippen molar-refractivity contribution in [3.8, 4) is 0 Å². The molecule has 0 unspecified atom stereocenters. The van der Waals surface area contributed by atoms with Crippen LogP contribution in [0.25, 0.3) is 0 Å². The molecule has 0 saturated carbocycles. The highest BCUT2D eigenvalue weighted by Gasteiger charge is 2.23. The molecule has 0 fully saturated rings. The van der Waals surface area contributed by atoms with Crippen LogP contribution in [-0.4, -0.2) is 41.0 Å². The fourth-order valence-electron chi connectivity index (χ4n) is 6.68. The number of phosphoric ester groups is 1. The first-order valence-corrected chi connectivity index (χ1v) is 24.8. The average Bonchev–Trinajstić information content (AvgIpc) is 3.17. The number of phosphoric acid groups is 1. The van der Waals surface area contributed by atoms with Gasteiger partial charge in [-0.1, -0.05) is 204 Å². The highest BCUT2D eigenvalue weighted by molar-refractivity contribution is 7.46. The molecular weight excluding hydrogens is 723 g/mol. The number of carbonyl (C=O) groups excluding carboxylic acids is 2. The second-order valence-corrected chi connectivity index (χ2v) is 17.0. The third kappa shape index (κ3) is 45.0. The van der Waals surface area contributed by atoms with Crippen LogP contribution in [0.4, 0.5) is 0 Å². The summed E-state index contributed by atoms with van der Waals surface area (Å²) in [6, 6.07) is 0. The summed E-state index contributed by atoms with van der Waals surface area (Å²) in [6.07, 6.45) is 51.6. The Balaban J connectivity index is 3.87. The first kappa shape index (κ1) is 54.3. The van der Waals surface area contributed by atoms with Crippen LogP contribution in [-0.2, 0) is 28.2 Å². The summed E-state index contributed by atoms with van der Waals surface area (Å²) in [7, 11) is -4.76. The van der Waals surface area contributed by atoms with E-state index in [2.05, 4.69) is 54.8 Å². The highest BCUT2D eigenvalue weighted by atomic mass is 31.2. The first-order valence-electron chi connectivity index (χ1n) is 23.3. The van der Waals surface area contributed by atoms with Gasteiger partial charge in [0.2, 0.25) is 0 Å². The monoisotopic (exact) mass is 811 g/mol. The van der Waals surface area contributed by atoms with Crippen LogP contribution in [0.2, 0.25) is 0 Å². The summed E-state index contributed by atoms with van der Waals surface area (Å²) in [5.74, 6) is -0.900. The van der Waals surface area contributed by atoms with Gasteiger partial charge in [-0.3, -0.25) is 14.1 Å². The van der Waals surface area contributed by atoms with Crippen molar-refractivity contribution in [1.29, 1.82) is 0 Å². The third-order valence-electron chi connectivity index (χ3n) is 10.2. The Morgan fingerprint density at radius 3 is 1.23 bits per heavy atom. The third-order valence-corrected chi connectivity index (χ3v) is 10.6. The van der Waals surface area contributed by atoms with Gasteiger partial charge >= 0.3 is 19.8 Å². The number of allylic oxidation sites excluding steroid dienone is 6. The summed E-state index contributed by atoms with van der Waals surface area (Å²) in [5.41, 5.74) is 0. The van der Waals surface area contributed by atoms with Gasteiger partial charge in [-0.05, 0) is 51.4 Å². The lowest BCUT2D eigenvalue weighted by atomic mass is 10.0. The normalized spacial score (nSPS) is 12.7. The van der Waals surface area contributed by atoms with Crippen molar-refractivity contribution >= 4 is 19.8 Å². The van der Waals surface area contributed by atoms with Gasteiger partial charge < -0.3 is 19.3 Å². The molecule has 0 rings (SSSR count). The maximum atomic E-state index is 12.4. The molecule has 0 aromatic heterocycles. The van der Waals surface area contributed by atoms with Crippen molar-refractivity contribution in [3.63, 3.8) is 0 Å². The lowest BCUT2D eigenvalue weighted by Gasteiger charge is -2.18. The molecule has 1 atom stereocenters. The molecule has 328 valence electrons. The van der Waals surface area contributed by atoms with Crippen LogP contribution in [0.5, 0.6) is 0 Å². The fraction of sp³-hybridized carbons (Fsp3) is 0.830. The molecule has 0 bridgehead atoms. The van der Waals surface area contributed by atoms with E-state index in [0.29, 0.717) is 12.8 Å². The summed E-state index contributed by atoms with van der Waals surface area (Å²) in [5, 5.41) is 0. The topological polar surface area (TPSA) is 119 Å². The molecule has 2 N–H and O–H groups in total. The first-order chi connectivity index (χ1) is 27.3. The Labute approximate surface area is 344 Å². The average molecular weight is 811 g/mol. The van der Waals surface area contributed by atoms with E-state index in [1.54, 1.807) is 0 Å². The molecule has 0 spiro atoms. The maximum Gasteiger partial charge on any atom is 0.469 e. The highest BCUT2D eigenvalue weighted by Crippen LogP contribution is 2.36. The minimum absolute atomic E-state index is 0.210. The number of hydrogen-bond acceptors (Lipinski definition) is 6. The van der Waals surface area contributed by atoms with Crippen molar-refractivity contribution in [2.24, 2.45) is 0 Å². The van der Waals surface area contributed by atoms with Gasteiger partial charge in [-0.2, -0.15) is 0 Å². The van der Waals surface area contributed by atoms with Crippen molar-refractivity contribution in [3.05, 3.63) is 36.5 Å². The predicted octanol–water partition coefficient (Wildman–Crippen LogP) is 14.5. The van der Waals surface area contributed by atoms with Crippen LogP contribution >= 0.6 is 7.82 Å². The quantitative estimate of drug-likeness (QED) is 0.0270. The molecule has 8 nitrogen and oxygen atoms in total. The van der Waals surface area contributed by atoms with E-state index in [4.69, 9.17) is 19.3 Å². The number of hydrogen-bond donors (Lipinski definition) is 2. The largest absolute Gasteiger partial charge is 0.469 e. The smallest absolute Gasteiger partial charge is 0.462 e. The Morgan fingerprint density at radius 2 is 0.804 bits per heavy atom. The van der Waals surface area contributed by atoms with Crippen LogP contribution in [0.1, 0.15) is 232 Å². The zero-order valence-corrected chi connectivity index (χ0v) is 37.2. The van der Waals surface area contributed by atoms with Gasteiger partial charge in [0.25, 0.3) is 0 Å². The van der Waals surface area contributed by atoms with E-state index in [1.807, 2.05) is 0 Å². The van der Waals surface area contributed by atoms with Gasteiger partial charge in [0.15, 0.2) is 6.10 Å². The molecule has 0 aromatic rings. The molecule has 0 aliphatic heterocycles. The van der Waals surface area contributed by atoms with Gasteiger partial charge in [-0.25, -0.2) is 4.57 Å². The van der Waals surface area contributed by atoms with Crippen LogP contribution in [0.15, 0.2) is 36.5 Å². The lowest BCUT2D eigenvalue weighted by Crippen LogP contribution is -2.29. The van der Waals surface area contributed by atoms with Gasteiger partial charge in [0.05, 0.1) is 6.61 Å². The molecule has 0 aliphatic rings. The van der Waals surface area contributed by atoms with E-state index in [0.717, 1.165) is 57.8 Å². The van der Waals surface area contributed by atoms with Crippen molar-refractivity contribution in [1.82, 2.24) is 0 Å². The Morgan fingerprint density at radius 1 is 0.464 bits per heavy atom. The molecular formula is C47H87O8P. The van der Waals surface area contributed by atoms with Crippen LogP contribution < -0.4 is 0 Å². The Kier molecular flexibility index (Phi) is 41.5. The van der Waals surface area contributed by atoms with E-state index in [1.165, 1.54) is 135 Å². The fourth-order valence-corrected chi connectivity index (χ4v) is 7.04. The predicted molar refractivity (Wildman–Crippen MR) is 235 cm³/mol. The minimum Gasteiger partial charge on any atom is -0.462 e. The molecule has 0 saturated heterocycles. The van der Waals surface area contributed by atoms with Crippen molar-refractivity contribution in [2.75, 3.05) is 13.2 Å². The molecule has 0 heterocycles. The summed E-state index contributed by atoms with van der Waals surface area (Å²) < 4.78 is 26.4.